The second kappa shape index (κ2) is 9.75. The highest BCUT2D eigenvalue weighted by atomic mass is 16.5. The molecule has 2 aliphatic heterocycles. The SMILES string of the molecule is COc1cccc2[nH]c(C(=O)N3CC(C(C)C)CC3C(=O)N[C@H](C#N)C[C@@H]3CCNC3=O)cc12. The largest absolute Gasteiger partial charge is 0.496 e. The lowest BCUT2D eigenvalue weighted by atomic mass is 9.93. The first kappa shape index (κ1) is 23.6. The number of aromatic amines is 1. The fourth-order valence-electron chi connectivity index (χ4n) is 4.97. The topological polar surface area (TPSA) is 127 Å². The van der Waals surface area contributed by atoms with Crippen molar-refractivity contribution in [2.45, 2.75) is 45.2 Å². The maximum absolute atomic E-state index is 13.5. The summed E-state index contributed by atoms with van der Waals surface area (Å²) in [5.74, 6) is 0.152. The second-order valence-electron chi connectivity index (χ2n) is 9.52. The summed E-state index contributed by atoms with van der Waals surface area (Å²) < 4.78 is 5.40. The smallest absolute Gasteiger partial charge is 0.270 e. The molecule has 1 aromatic heterocycles. The van der Waals surface area contributed by atoms with Gasteiger partial charge >= 0.3 is 0 Å². The molecule has 0 bridgehead atoms. The van der Waals surface area contributed by atoms with Crippen LogP contribution >= 0.6 is 0 Å². The van der Waals surface area contributed by atoms with Gasteiger partial charge in [0.1, 0.15) is 23.5 Å². The van der Waals surface area contributed by atoms with Crippen LogP contribution in [0, 0.1) is 29.1 Å². The Morgan fingerprint density at radius 3 is 2.79 bits per heavy atom. The van der Waals surface area contributed by atoms with E-state index in [4.69, 9.17) is 4.74 Å². The first-order valence-electron chi connectivity index (χ1n) is 11.8. The van der Waals surface area contributed by atoms with Crippen LogP contribution < -0.4 is 15.4 Å². The van der Waals surface area contributed by atoms with Crippen LogP contribution in [-0.2, 0) is 9.59 Å². The zero-order chi connectivity index (χ0) is 24.4. The zero-order valence-corrected chi connectivity index (χ0v) is 19.8. The van der Waals surface area contributed by atoms with Crippen molar-refractivity contribution in [3.05, 3.63) is 30.0 Å². The van der Waals surface area contributed by atoms with Crippen LogP contribution in [0.5, 0.6) is 5.75 Å². The number of fused-ring (bicyclic) bond motifs is 1. The highest BCUT2D eigenvalue weighted by Gasteiger charge is 2.42. The van der Waals surface area contributed by atoms with Gasteiger partial charge in [0.2, 0.25) is 11.8 Å². The Hall–Kier alpha value is -3.54. The molecule has 0 spiro atoms. The molecule has 1 aromatic carbocycles. The molecule has 4 atom stereocenters. The van der Waals surface area contributed by atoms with Gasteiger partial charge in [-0.2, -0.15) is 5.26 Å². The first-order valence-corrected chi connectivity index (χ1v) is 11.8. The summed E-state index contributed by atoms with van der Waals surface area (Å²) in [6, 6.07) is 7.95. The Morgan fingerprint density at radius 1 is 1.35 bits per heavy atom. The van der Waals surface area contributed by atoms with Crippen molar-refractivity contribution >= 4 is 28.6 Å². The number of hydrogen-bond donors (Lipinski definition) is 3. The van der Waals surface area contributed by atoms with E-state index >= 15 is 0 Å². The molecule has 4 rings (SSSR count). The molecule has 0 aliphatic carbocycles. The summed E-state index contributed by atoms with van der Waals surface area (Å²) >= 11 is 0. The van der Waals surface area contributed by atoms with Crippen molar-refractivity contribution in [1.29, 1.82) is 5.26 Å². The van der Waals surface area contributed by atoms with Crippen LogP contribution in [-0.4, -0.2) is 59.9 Å². The third-order valence-corrected chi connectivity index (χ3v) is 7.07. The van der Waals surface area contributed by atoms with E-state index in [1.54, 1.807) is 18.1 Å². The molecule has 3 N–H and O–H groups in total. The molecule has 9 heteroatoms. The summed E-state index contributed by atoms with van der Waals surface area (Å²) in [7, 11) is 1.58. The predicted molar refractivity (Wildman–Crippen MR) is 126 cm³/mol. The lowest BCUT2D eigenvalue weighted by molar-refractivity contribution is -0.126. The van der Waals surface area contributed by atoms with Gasteiger partial charge in [-0.25, -0.2) is 0 Å². The van der Waals surface area contributed by atoms with Gasteiger partial charge in [0.05, 0.1) is 13.2 Å². The molecule has 9 nitrogen and oxygen atoms in total. The van der Waals surface area contributed by atoms with Gasteiger partial charge in [-0.3, -0.25) is 14.4 Å². The van der Waals surface area contributed by atoms with Crippen molar-refractivity contribution < 1.29 is 19.1 Å². The fraction of sp³-hybridized carbons (Fsp3) is 0.520. The summed E-state index contributed by atoms with van der Waals surface area (Å²) in [5.41, 5.74) is 1.17. The molecule has 2 saturated heterocycles. The molecule has 180 valence electrons. The van der Waals surface area contributed by atoms with Crippen LogP contribution in [0.15, 0.2) is 24.3 Å². The van der Waals surface area contributed by atoms with E-state index in [9.17, 15) is 19.6 Å². The minimum atomic E-state index is -0.784. The van der Waals surface area contributed by atoms with E-state index in [2.05, 4.69) is 35.5 Å². The third-order valence-electron chi connectivity index (χ3n) is 7.07. The molecular weight excluding hydrogens is 434 g/mol. The van der Waals surface area contributed by atoms with Gasteiger partial charge in [-0.15, -0.1) is 0 Å². The standard InChI is InChI=1S/C25H31N5O4/c1-14(2)16-10-21(24(32)28-17(12-26)9-15-7-8-27-23(15)31)30(13-16)25(33)20-11-18-19(29-20)5-4-6-22(18)34-3/h4-6,11,14-17,21,29H,7-10,13H2,1-3H3,(H,27,31)(H,28,32)/t15-,16?,17-,21?/m0/s1. The van der Waals surface area contributed by atoms with Gasteiger partial charge < -0.3 is 25.3 Å². The van der Waals surface area contributed by atoms with E-state index in [0.29, 0.717) is 43.3 Å². The number of aromatic nitrogens is 1. The van der Waals surface area contributed by atoms with E-state index in [-0.39, 0.29) is 36.0 Å². The highest BCUT2D eigenvalue weighted by molar-refractivity contribution is 6.01. The van der Waals surface area contributed by atoms with E-state index < -0.39 is 12.1 Å². The number of H-pyrrole nitrogens is 1. The summed E-state index contributed by atoms with van der Waals surface area (Å²) in [6.45, 7) is 5.21. The maximum Gasteiger partial charge on any atom is 0.270 e. The highest BCUT2D eigenvalue weighted by Crippen LogP contribution is 2.32. The van der Waals surface area contributed by atoms with Crippen molar-refractivity contribution in [1.82, 2.24) is 20.5 Å². The number of nitrogens with one attached hydrogen (secondary N) is 3. The number of likely N-dealkylation sites (tertiary alicyclic amines) is 1. The van der Waals surface area contributed by atoms with Crippen LogP contribution in [0.3, 0.4) is 0 Å². The lowest BCUT2D eigenvalue weighted by Gasteiger charge is -2.25. The number of amides is 3. The number of methoxy groups -OCH3 is 1. The van der Waals surface area contributed by atoms with Crippen molar-refractivity contribution in [3.8, 4) is 11.8 Å². The van der Waals surface area contributed by atoms with Crippen molar-refractivity contribution in [2.75, 3.05) is 20.2 Å². The number of hydrogen-bond acceptors (Lipinski definition) is 5. The molecule has 3 amide bonds. The number of ether oxygens (including phenoxy) is 1. The van der Waals surface area contributed by atoms with Crippen LogP contribution in [0.4, 0.5) is 0 Å². The Morgan fingerprint density at radius 2 is 2.15 bits per heavy atom. The molecular formula is C25H31N5O4. The van der Waals surface area contributed by atoms with E-state index in [0.717, 1.165) is 10.9 Å². The van der Waals surface area contributed by atoms with Gasteiger partial charge in [0.25, 0.3) is 5.91 Å². The average molecular weight is 466 g/mol. The number of benzene rings is 1. The van der Waals surface area contributed by atoms with E-state index in [1.807, 2.05) is 18.2 Å². The Kier molecular flexibility index (Phi) is 6.77. The summed E-state index contributed by atoms with van der Waals surface area (Å²) in [6.07, 6.45) is 1.45. The molecule has 2 unspecified atom stereocenters. The number of rotatable bonds is 7. The molecule has 2 aromatic rings. The van der Waals surface area contributed by atoms with Gasteiger partial charge in [0, 0.05) is 29.9 Å². The fourth-order valence-corrected chi connectivity index (χ4v) is 4.97. The lowest BCUT2D eigenvalue weighted by Crippen LogP contribution is -2.49. The van der Waals surface area contributed by atoms with Gasteiger partial charge in [-0.1, -0.05) is 19.9 Å². The number of carbonyl (C=O) groups excluding carboxylic acids is 3. The summed E-state index contributed by atoms with van der Waals surface area (Å²) in [5, 5.41) is 15.9. The Labute approximate surface area is 198 Å². The van der Waals surface area contributed by atoms with Crippen molar-refractivity contribution in [2.24, 2.45) is 17.8 Å². The predicted octanol–water partition coefficient (Wildman–Crippen LogP) is 2.20. The zero-order valence-electron chi connectivity index (χ0n) is 19.8. The minimum Gasteiger partial charge on any atom is -0.496 e. The Balaban J connectivity index is 1.54. The molecule has 2 aliphatic rings. The third kappa shape index (κ3) is 4.58. The minimum absolute atomic E-state index is 0.0821. The normalized spacial score (nSPS) is 23.1. The number of carbonyl (C=O) groups is 3. The molecule has 0 radical (unpaired) electrons. The first-order chi connectivity index (χ1) is 16.3. The van der Waals surface area contributed by atoms with E-state index in [1.165, 1.54) is 0 Å². The second-order valence-corrected chi connectivity index (χ2v) is 9.52. The molecule has 0 saturated carbocycles. The monoisotopic (exact) mass is 465 g/mol. The summed E-state index contributed by atoms with van der Waals surface area (Å²) in [4.78, 5) is 43.5. The Bertz CT molecular complexity index is 1130. The molecule has 34 heavy (non-hydrogen) atoms. The van der Waals surface area contributed by atoms with Crippen LogP contribution in [0.2, 0.25) is 0 Å². The molecule has 3 heterocycles. The number of nitrogens with zero attached hydrogens (tertiary/aromatic N) is 2. The molecule has 2 fully saturated rings. The van der Waals surface area contributed by atoms with Crippen LogP contribution in [0.1, 0.15) is 43.6 Å². The van der Waals surface area contributed by atoms with Gasteiger partial charge in [-0.05, 0) is 49.3 Å². The van der Waals surface area contributed by atoms with Crippen molar-refractivity contribution in [3.63, 3.8) is 0 Å². The van der Waals surface area contributed by atoms with Gasteiger partial charge in [0.15, 0.2) is 0 Å². The quantitative estimate of drug-likeness (QED) is 0.578. The average Bonchev–Trinajstić information content (AvgIpc) is 3.56. The van der Waals surface area contributed by atoms with Crippen LogP contribution in [0.25, 0.3) is 10.9 Å². The maximum atomic E-state index is 13.5. The number of nitriles is 1.